The topological polar surface area (TPSA) is 54.4 Å². The Morgan fingerprint density at radius 3 is 2.85 bits per heavy atom. The third-order valence-corrected chi connectivity index (χ3v) is 4.07. The second-order valence-corrected chi connectivity index (χ2v) is 5.42. The zero-order valence-corrected chi connectivity index (χ0v) is 8.14. The summed E-state index contributed by atoms with van der Waals surface area (Å²) in [6, 6.07) is 4.44. The van der Waals surface area contributed by atoms with E-state index in [1.54, 1.807) is 0 Å². The molecule has 1 aromatic rings. The van der Waals surface area contributed by atoms with Gasteiger partial charge in [-0.3, -0.25) is 0 Å². The maximum Gasteiger partial charge on any atom is 0.181 e. The molecule has 0 amide bonds. The van der Waals surface area contributed by atoms with Gasteiger partial charge in [0.1, 0.15) is 0 Å². The number of aliphatic hydroxyl groups is 1. The van der Waals surface area contributed by atoms with E-state index >= 15 is 0 Å². The highest BCUT2D eigenvalue weighted by Gasteiger charge is 2.33. The molecule has 1 heterocycles. The van der Waals surface area contributed by atoms with E-state index in [1.165, 1.54) is 18.2 Å². The summed E-state index contributed by atoms with van der Waals surface area (Å²) >= 11 is 5.68. The SMILES string of the molecule is O=S1(=O)C[C@H](O)c2cc(Cl)ccc21. The monoisotopic (exact) mass is 218 g/mol. The molecule has 0 aliphatic carbocycles. The summed E-state index contributed by atoms with van der Waals surface area (Å²) in [7, 11) is -3.28. The molecule has 1 atom stereocenters. The molecule has 0 unspecified atom stereocenters. The largest absolute Gasteiger partial charge is 0.387 e. The molecule has 0 spiro atoms. The van der Waals surface area contributed by atoms with Crippen molar-refractivity contribution in [3.05, 3.63) is 28.8 Å². The Hall–Kier alpha value is -0.580. The van der Waals surface area contributed by atoms with Crippen LogP contribution in [0, 0.1) is 0 Å². The van der Waals surface area contributed by atoms with Gasteiger partial charge < -0.3 is 5.11 Å². The van der Waals surface area contributed by atoms with Crippen molar-refractivity contribution in [2.45, 2.75) is 11.0 Å². The molecule has 5 heteroatoms. The Balaban J connectivity index is 2.73. The minimum Gasteiger partial charge on any atom is -0.387 e. The van der Waals surface area contributed by atoms with Crippen molar-refractivity contribution in [3.8, 4) is 0 Å². The Bertz CT molecular complexity index is 452. The normalized spacial score (nSPS) is 24.3. The van der Waals surface area contributed by atoms with Gasteiger partial charge in [-0.25, -0.2) is 8.42 Å². The minimum atomic E-state index is -3.28. The van der Waals surface area contributed by atoms with Crippen molar-refractivity contribution in [3.63, 3.8) is 0 Å². The lowest BCUT2D eigenvalue weighted by atomic mass is 10.1. The van der Waals surface area contributed by atoms with Crippen LogP contribution in [0.1, 0.15) is 11.7 Å². The van der Waals surface area contributed by atoms with Crippen LogP contribution in [0.3, 0.4) is 0 Å². The van der Waals surface area contributed by atoms with Crippen molar-refractivity contribution >= 4 is 21.4 Å². The smallest absolute Gasteiger partial charge is 0.181 e. The Kier molecular flexibility index (Phi) is 1.87. The lowest BCUT2D eigenvalue weighted by molar-refractivity contribution is 0.204. The Labute approximate surface area is 80.9 Å². The quantitative estimate of drug-likeness (QED) is 0.711. The lowest BCUT2D eigenvalue weighted by Gasteiger charge is -2.00. The van der Waals surface area contributed by atoms with Crippen LogP contribution in [0.5, 0.6) is 0 Å². The molecular weight excluding hydrogens is 212 g/mol. The molecule has 1 aliphatic heterocycles. The first-order chi connectivity index (χ1) is 6.00. The number of fused-ring (bicyclic) bond motifs is 1. The van der Waals surface area contributed by atoms with E-state index in [1.807, 2.05) is 0 Å². The molecule has 0 radical (unpaired) electrons. The highest BCUT2D eigenvalue weighted by Crippen LogP contribution is 2.34. The summed E-state index contributed by atoms with van der Waals surface area (Å²) in [5.41, 5.74) is 0.410. The standard InChI is InChI=1S/C8H7ClO3S/c9-5-1-2-8-6(3-5)7(10)4-13(8,11)12/h1-3,7,10H,4H2/t7-/m0/s1. The van der Waals surface area contributed by atoms with Gasteiger partial charge in [-0.1, -0.05) is 11.6 Å². The van der Waals surface area contributed by atoms with E-state index in [4.69, 9.17) is 11.6 Å². The fourth-order valence-electron chi connectivity index (χ4n) is 1.45. The first kappa shape index (κ1) is 8.99. The first-order valence-electron chi connectivity index (χ1n) is 3.71. The first-order valence-corrected chi connectivity index (χ1v) is 5.74. The molecular formula is C8H7ClO3S. The van der Waals surface area contributed by atoms with Crippen LogP contribution in [0.2, 0.25) is 5.02 Å². The zero-order chi connectivity index (χ0) is 9.64. The number of hydrogen-bond donors (Lipinski definition) is 1. The highest BCUT2D eigenvalue weighted by molar-refractivity contribution is 7.91. The van der Waals surface area contributed by atoms with Gasteiger partial charge in [0.2, 0.25) is 0 Å². The van der Waals surface area contributed by atoms with Crippen LogP contribution in [-0.4, -0.2) is 19.3 Å². The van der Waals surface area contributed by atoms with Crippen molar-refractivity contribution < 1.29 is 13.5 Å². The summed E-state index contributed by atoms with van der Waals surface area (Å²) < 4.78 is 22.7. The number of aliphatic hydroxyl groups excluding tert-OH is 1. The van der Waals surface area contributed by atoms with Crippen LogP contribution < -0.4 is 0 Å². The van der Waals surface area contributed by atoms with Gasteiger partial charge in [0, 0.05) is 10.6 Å². The molecule has 70 valence electrons. The van der Waals surface area contributed by atoms with Crippen LogP contribution in [0.4, 0.5) is 0 Å². The van der Waals surface area contributed by atoms with Crippen molar-refractivity contribution in [2.75, 3.05) is 5.75 Å². The molecule has 1 aromatic carbocycles. The Morgan fingerprint density at radius 1 is 1.46 bits per heavy atom. The molecule has 13 heavy (non-hydrogen) atoms. The highest BCUT2D eigenvalue weighted by atomic mass is 35.5. The zero-order valence-electron chi connectivity index (χ0n) is 6.57. The molecule has 0 bridgehead atoms. The summed E-state index contributed by atoms with van der Waals surface area (Å²) in [6.45, 7) is 0. The molecule has 0 aromatic heterocycles. The summed E-state index contributed by atoms with van der Waals surface area (Å²) in [6.07, 6.45) is -0.932. The predicted octanol–water partition coefficient (Wildman–Crippen LogP) is 1.16. The number of hydrogen-bond acceptors (Lipinski definition) is 3. The van der Waals surface area contributed by atoms with Crippen molar-refractivity contribution in [2.24, 2.45) is 0 Å². The van der Waals surface area contributed by atoms with Crippen molar-refractivity contribution in [1.29, 1.82) is 0 Å². The second kappa shape index (κ2) is 2.70. The number of sulfone groups is 1. The van der Waals surface area contributed by atoms with Crippen LogP contribution in [0.25, 0.3) is 0 Å². The van der Waals surface area contributed by atoms with E-state index < -0.39 is 15.9 Å². The predicted molar refractivity (Wildman–Crippen MR) is 48.5 cm³/mol. The molecule has 2 rings (SSSR count). The van der Waals surface area contributed by atoms with Crippen molar-refractivity contribution in [1.82, 2.24) is 0 Å². The summed E-state index contributed by atoms with van der Waals surface area (Å²) in [5.74, 6) is -0.233. The third-order valence-electron chi connectivity index (χ3n) is 2.04. The van der Waals surface area contributed by atoms with E-state index in [2.05, 4.69) is 0 Å². The second-order valence-electron chi connectivity index (χ2n) is 2.98. The van der Waals surface area contributed by atoms with Crippen LogP contribution >= 0.6 is 11.6 Å². The molecule has 0 saturated carbocycles. The molecule has 0 saturated heterocycles. The van der Waals surface area contributed by atoms with E-state index in [0.29, 0.717) is 10.6 Å². The summed E-state index contributed by atoms with van der Waals surface area (Å²) in [5, 5.41) is 9.84. The van der Waals surface area contributed by atoms with Crippen LogP contribution in [-0.2, 0) is 9.84 Å². The molecule has 0 fully saturated rings. The molecule has 1 N–H and O–H groups in total. The maximum atomic E-state index is 11.4. The number of halogens is 1. The fraction of sp³-hybridized carbons (Fsp3) is 0.250. The number of benzene rings is 1. The van der Waals surface area contributed by atoms with E-state index in [9.17, 15) is 13.5 Å². The van der Waals surface area contributed by atoms with E-state index in [-0.39, 0.29) is 10.6 Å². The number of rotatable bonds is 0. The molecule has 1 aliphatic rings. The molecule has 3 nitrogen and oxygen atoms in total. The average molecular weight is 219 g/mol. The van der Waals surface area contributed by atoms with Crippen LogP contribution in [0.15, 0.2) is 23.1 Å². The van der Waals surface area contributed by atoms with Gasteiger partial charge in [0.25, 0.3) is 0 Å². The van der Waals surface area contributed by atoms with Gasteiger partial charge in [-0.05, 0) is 18.2 Å². The fourth-order valence-corrected chi connectivity index (χ4v) is 3.24. The van der Waals surface area contributed by atoms with Gasteiger partial charge in [0.15, 0.2) is 9.84 Å². The van der Waals surface area contributed by atoms with Gasteiger partial charge in [-0.2, -0.15) is 0 Å². The van der Waals surface area contributed by atoms with Gasteiger partial charge in [-0.15, -0.1) is 0 Å². The van der Waals surface area contributed by atoms with Gasteiger partial charge in [0.05, 0.1) is 16.8 Å². The minimum absolute atomic E-state index is 0.199. The summed E-state index contributed by atoms with van der Waals surface area (Å²) in [4.78, 5) is 0.199. The van der Waals surface area contributed by atoms with E-state index in [0.717, 1.165) is 0 Å². The third kappa shape index (κ3) is 1.35. The van der Waals surface area contributed by atoms with Gasteiger partial charge >= 0.3 is 0 Å². The lowest BCUT2D eigenvalue weighted by Crippen LogP contribution is -2.01. The average Bonchev–Trinajstić information content (AvgIpc) is 2.22. The maximum absolute atomic E-state index is 11.4. The Morgan fingerprint density at radius 2 is 2.15 bits per heavy atom.